The average molecular weight is 378 g/mol. The molecule has 0 aromatic carbocycles. The number of ether oxygens (including phenoxy) is 1. The number of pyridine rings is 1. The van der Waals surface area contributed by atoms with Gasteiger partial charge < -0.3 is 15.0 Å². The number of nitrogens with zero attached hydrogens (tertiary/aromatic N) is 3. The minimum Gasteiger partial charge on any atom is -0.466 e. The van der Waals surface area contributed by atoms with Crippen molar-refractivity contribution in [3.8, 4) is 6.07 Å². The molecule has 8 nitrogen and oxygen atoms in total. The Hall–Kier alpha value is -3.35. The molecule has 0 aliphatic carbocycles. The second-order valence-electron chi connectivity index (χ2n) is 5.73. The van der Waals surface area contributed by atoms with Crippen LogP contribution in [0.2, 0.25) is 0 Å². The highest BCUT2D eigenvalue weighted by molar-refractivity contribution is 6.00. The monoisotopic (exact) mass is 378 g/mol. The molecule has 1 aromatic heterocycles. The van der Waals surface area contributed by atoms with Crippen LogP contribution in [0.15, 0.2) is 24.5 Å². The number of hydrogen-bond donors (Lipinski definition) is 1. The van der Waals surface area contributed by atoms with Crippen LogP contribution in [-0.4, -0.2) is 59.8 Å². The van der Waals surface area contributed by atoms with E-state index >= 15 is 0 Å². The van der Waals surface area contributed by atoms with Gasteiger partial charge in [-0.05, 0) is 12.1 Å². The molecule has 1 fully saturated rings. The number of alkyl halides is 2. The number of carbonyl (C=O) groups excluding carboxylic acids is 3. The lowest BCUT2D eigenvalue weighted by Gasteiger charge is -2.19. The highest BCUT2D eigenvalue weighted by Gasteiger charge is 2.47. The SMILES string of the molecule is COC(=O)/C=C/c1cnccc1C(=O)NCC(=O)N1CC(F)(F)CC1C#N. The van der Waals surface area contributed by atoms with Crippen LogP contribution in [0.5, 0.6) is 0 Å². The first-order chi connectivity index (χ1) is 12.8. The first-order valence-corrected chi connectivity index (χ1v) is 7.82. The molecule has 2 heterocycles. The first-order valence-electron chi connectivity index (χ1n) is 7.82. The van der Waals surface area contributed by atoms with Crippen LogP contribution in [0.25, 0.3) is 6.08 Å². The molecule has 1 atom stereocenters. The zero-order valence-electron chi connectivity index (χ0n) is 14.3. The molecule has 1 N–H and O–H groups in total. The molecular formula is C17H16F2N4O4. The zero-order valence-corrected chi connectivity index (χ0v) is 14.3. The number of carbonyl (C=O) groups is 3. The molecular weight excluding hydrogens is 362 g/mol. The van der Waals surface area contributed by atoms with Crippen molar-refractivity contribution in [3.05, 3.63) is 35.7 Å². The average Bonchev–Trinajstić information content (AvgIpc) is 2.98. The molecule has 10 heteroatoms. The van der Waals surface area contributed by atoms with Crippen LogP contribution in [-0.2, 0) is 14.3 Å². The molecule has 1 aromatic rings. The van der Waals surface area contributed by atoms with Crippen LogP contribution in [0, 0.1) is 11.3 Å². The quantitative estimate of drug-likeness (QED) is 0.598. The van der Waals surface area contributed by atoms with Crippen molar-refractivity contribution in [1.29, 1.82) is 5.26 Å². The largest absolute Gasteiger partial charge is 0.466 e. The summed E-state index contributed by atoms with van der Waals surface area (Å²) in [6.45, 7) is -1.40. The standard InChI is InChI=1S/C17H16F2N4O4/c1-27-15(25)3-2-11-8-21-5-4-13(11)16(26)22-9-14(24)23-10-17(18,19)6-12(23)7-20/h2-5,8,12H,6,9-10H2,1H3,(H,22,26)/b3-2+. The minimum absolute atomic E-state index is 0.126. The third kappa shape index (κ3) is 5.07. The summed E-state index contributed by atoms with van der Waals surface area (Å²) in [6.07, 6.45) is 4.38. The van der Waals surface area contributed by atoms with Crippen molar-refractivity contribution >= 4 is 23.9 Å². The van der Waals surface area contributed by atoms with E-state index in [9.17, 15) is 23.2 Å². The van der Waals surface area contributed by atoms with Crippen LogP contribution in [0.1, 0.15) is 22.3 Å². The topological polar surface area (TPSA) is 112 Å². The summed E-state index contributed by atoms with van der Waals surface area (Å²) in [5.41, 5.74) is 0.428. The Morgan fingerprint density at radius 3 is 2.93 bits per heavy atom. The van der Waals surface area contributed by atoms with E-state index in [-0.39, 0.29) is 5.56 Å². The van der Waals surface area contributed by atoms with Crippen molar-refractivity contribution in [1.82, 2.24) is 15.2 Å². The van der Waals surface area contributed by atoms with Crippen LogP contribution in [0.4, 0.5) is 8.78 Å². The second-order valence-corrected chi connectivity index (χ2v) is 5.73. The fourth-order valence-corrected chi connectivity index (χ4v) is 2.52. The molecule has 142 valence electrons. The smallest absolute Gasteiger partial charge is 0.330 e. The van der Waals surface area contributed by atoms with E-state index in [0.717, 1.165) is 11.0 Å². The number of nitriles is 1. The number of likely N-dealkylation sites (tertiary alicyclic amines) is 1. The number of rotatable bonds is 5. The van der Waals surface area contributed by atoms with Gasteiger partial charge in [-0.2, -0.15) is 5.26 Å². The molecule has 1 aliphatic heterocycles. The van der Waals surface area contributed by atoms with Crippen molar-refractivity contribution in [2.45, 2.75) is 18.4 Å². The van der Waals surface area contributed by atoms with Gasteiger partial charge in [0.1, 0.15) is 6.04 Å². The van der Waals surface area contributed by atoms with Gasteiger partial charge in [-0.15, -0.1) is 0 Å². The highest BCUT2D eigenvalue weighted by atomic mass is 19.3. The third-order valence-electron chi connectivity index (χ3n) is 3.84. The zero-order chi connectivity index (χ0) is 20.0. The Morgan fingerprint density at radius 1 is 1.52 bits per heavy atom. The fraction of sp³-hybridized carbons (Fsp3) is 0.353. The lowest BCUT2D eigenvalue weighted by Crippen LogP contribution is -2.43. The Kier molecular flexibility index (Phi) is 6.18. The molecule has 1 saturated heterocycles. The van der Waals surface area contributed by atoms with Gasteiger partial charge in [-0.1, -0.05) is 0 Å². The molecule has 2 amide bonds. The van der Waals surface area contributed by atoms with Crippen LogP contribution >= 0.6 is 0 Å². The third-order valence-corrected chi connectivity index (χ3v) is 3.84. The number of nitrogens with one attached hydrogen (secondary N) is 1. The van der Waals surface area contributed by atoms with E-state index in [1.54, 1.807) is 6.07 Å². The van der Waals surface area contributed by atoms with Gasteiger partial charge >= 0.3 is 5.97 Å². The van der Waals surface area contributed by atoms with Gasteiger partial charge in [-0.25, -0.2) is 13.6 Å². The molecule has 0 saturated carbocycles. The number of methoxy groups -OCH3 is 1. The van der Waals surface area contributed by atoms with E-state index in [4.69, 9.17) is 5.26 Å². The Bertz CT molecular complexity index is 819. The van der Waals surface area contributed by atoms with Crippen molar-refractivity contribution < 1.29 is 27.9 Å². The Morgan fingerprint density at radius 2 is 2.26 bits per heavy atom. The summed E-state index contributed by atoms with van der Waals surface area (Å²) in [4.78, 5) is 40.2. The van der Waals surface area contributed by atoms with E-state index < -0.39 is 49.3 Å². The number of aromatic nitrogens is 1. The van der Waals surface area contributed by atoms with Gasteiger partial charge in [0.15, 0.2) is 0 Å². The predicted molar refractivity (Wildman–Crippen MR) is 88.3 cm³/mol. The van der Waals surface area contributed by atoms with Gasteiger partial charge in [-0.3, -0.25) is 14.6 Å². The van der Waals surface area contributed by atoms with Crippen LogP contribution < -0.4 is 5.32 Å². The number of amides is 2. The summed E-state index contributed by atoms with van der Waals surface area (Å²) in [5.74, 6) is -5.20. The maximum atomic E-state index is 13.4. The molecule has 0 spiro atoms. The predicted octanol–water partition coefficient (Wildman–Crippen LogP) is 0.757. The van der Waals surface area contributed by atoms with Crippen molar-refractivity contribution in [2.24, 2.45) is 0 Å². The maximum Gasteiger partial charge on any atom is 0.330 e. The van der Waals surface area contributed by atoms with E-state index in [2.05, 4.69) is 15.0 Å². The fourth-order valence-electron chi connectivity index (χ4n) is 2.52. The van der Waals surface area contributed by atoms with E-state index in [1.807, 2.05) is 0 Å². The minimum atomic E-state index is -3.13. The van der Waals surface area contributed by atoms with Gasteiger partial charge in [0, 0.05) is 36.0 Å². The summed E-state index contributed by atoms with van der Waals surface area (Å²) >= 11 is 0. The van der Waals surface area contributed by atoms with Gasteiger partial charge in [0.05, 0.1) is 26.3 Å². The highest BCUT2D eigenvalue weighted by Crippen LogP contribution is 2.31. The summed E-state index contributed by atoms with van der Waals surface area (Å²) in [6, 6.07) is 1.80. The van der Waals surface area contributed by atoms with Crippen LogP contribution in [0.3, 0.4) is 0 Å². The molecule has 27 heavy (non-hydrogen) atoms. The number of halogens is 2. The van der Waals surface area contributed by atoms with Crippen molar-refractivity contribution in [3.63, 3.8) is 0 Å². The molecule has 2 rings (SSSR count). The molecule has 0 bridgehead atoms. The maximum absolute atomic E-state index is 13.4. The summed E-state index contributed by atoms with van der Waals surface area (Å²) in [5, 5.41) is 11.2. The molecule has 0 radical (unpaired) electrons. The lowest BCUT2D eigenvalue weighted by atomic mass is 10.1. The summed E-state index contributed by atoms with van der Waals surface area (Å²) < 4.78 is 31.3. The number of hydrogen-bond acceptors (Lipinski definition) is 6. The number of esters is 1. The molecule has 1 aliphatic rings. The Labute approximate surface area is 153 Å². The molecule has 1 unspecified atom stereocenters. The second kappa shape index (κ2) is 8.35. The van der Waals surface area contributed by atoms with Gasteiger partial charge in [0.2, 0.25) is 5.91 Å². The summed E-state index contributed by atoms with van der Waals surface area (Å²) in [7, 11) is 1.20. The van der Waals surface area contributed by atoms with Gasteiger partial charge in [0.25, 0.3) is 11.8 Å². The first kappa shape index (κ1) is 20.0. The van der Waals surface area contributed by atoms with E-state index in [1.165, 1.54) is 31.6 Å². The Balaban J connectivity index is 2.04. The lowest BCUT2D eigenvalue weighted by molar-refractivity contribution is -0.134. The normalized spacial score (nSPS) is 18.1. The van der Waals surface area contributed by atoms with E-state index in [0.29, 0.717) is 5.56 Å². The van der Waals surface area contributed by atoms with Crippen molar-refractivity contribution in [2.75, 3.05) is 20.2 Å².